The van der Waals surface area contributed by atoms with Crippen molar-refractivity contribution in [1.82, 2.24) is 4.31 Å². The number of aliphatic hydroxyl groups is 1. The first-order valence-electron chi connectivity index (χ1n) is 4.42. The van der Waals surface area contributed by atoms with Crippen LogP contribution in [0.5, 0.6) is 0 Å². The van der Waals surface area contributed by atoms with Crippen LogP contribution < -0.4 is 0 Å². The topological polar surface area (TPSA) is 57.6 Å². The first-order valence-corrected chi connectivity index (χ1v) is 6.65. The lowest BCUT2D eigenvalue weighted by Crippen LogP contribution is -2.29. The Labute approximate surface area is 102 Å². The molecule has 0 atom stereocenters. The number of hydrogen-bond donors (Lipinski definition) is 1. The third kappa shape index (κ3) is 2.79. The molecule has 0 unspecified atom stereocenters. The Bertz CT molecular complexity index is 478. The molecule has 1 N–H and O–H groups in total. The molecule has 0 spiro atoms. The zero-order valence-electron chi connectivity index (χ0n) is 8.52. The van der Waals surface area contributed by atoms with Crippen LogP contribution in [0.2, 0.25) is 0 Å². The van der Waals surface area contributed by atoms with Gasteiger partial charge in [-0.1, -0.05) is 0 Å². The molecule has 1 aromatic carbocycles. The molecule has 7 heteroatoms. The predicted molar refractivity (Wildman–Crippen MR) is 61.0 cm³/mol. The van der Waals surface area contributed by atoms with Gasteiger partial charge in [0, 0.05) is 18.1 Å². The minimum Gasteiger partial charge on any atom is -0.395 e. The molecule has 0 aliphatic rings. The standard InChI is InChI=1S/C9H11BrFNO3S/c1-12(4-5-13)16(14,15)9-6-7(11)2-3-8(9)10/h2-3,6,13H,4-5H2,1H3. The number of nitrogens with zero attached hydrogens (tertiary/aromatic N) is 1. The molecule has 0 radical (unpaired) electrons. The molecule has 0 aromatic heterocycles. The van der Waals surface area contributed by atoms with Crippen molar-refractivity contribution in [2.45, 2.75) is 4.90 Å². The highest BCUT2D eigenvalue weighted by Crippen LogP contribution is 2.25. The van der Waals surface area contributed by atoms with E-state index in [0.29, 0.717) is 4.47 Å². The zero-order chi connectivity index (χ0) is 12.3. The Morgan fingerprint density at radius 2 is 2.12 bits per heavy atom. The van der Waals surface area contributed by atoms with Gasteiger partial charge in [-0.05, 0) is 34.1 Å². The Morgan fingerprint density at radius 3 is 2.69 bits per heavy atom. The smallest absolute Gasteiger partial charge is 0.244 e. The summed E-state index contributed by atoms with van der Waals surface area (Å²) in [6, 6.07) is 3.43. The lowest BCUT2D eigenvalue weighted by Gasteiger charge is -2.16. The van der Waals surface area contributed by atoms with Crippen molar-refractivity contribution >= 4 is 26.0 Å². The van der Waals surface area contributed by atoms with Crippen LogP contribution in [-0.4, -0.2) is 38.0 Å². The van der Waals surface area contributed by atoms with Gasteiger partial charge in [0.05, 0.1) is 11.5 Å². The van der Waals surface area contributed by atoms with Crippen molar-refractivity contribution in [3.05, 3.63) is 28.5 Å². The van der Waals surface area contributed by atoms with E-state index in [9.17, 15) is 12.8 Å². The Balaban J connectivity index is 3.21. The van der Waals surface area contributed by atoms with Crippen LogP contribution in [0.25, 0.3) is 0 Å². The van der Waals surface area contributed by atoms with E-state index in [1.807, 2.05) is 0 Å². The lowest BCUT2D eigenvalue weighted by atomic mass is 10.3. The van der Waals surface area contributed by atoms with Gasteiger partial charge in [-0.25, -0.2) is 12.8 Å². The molecule has 0 bridgehead atoms. The van der Waals surface area contributed by atoms with Crippen molar-refractivity contribution in [2.75, 3.05) is 20.2 Å². The maximum Gasteiger partial charge on any atom is 0.244 e. The highest BCUT2D eigenvalue weighted by molar-refractivity contribution is 9.10. The second-order valence-corrected chi connectivity index (χ2v) is 5.99. The van der Waals surface area contributed by atoms with Gasteiger partial charge in [0.25, 0.3) is 0 Å². The molecule has 1 aromatic rings. The molecule has 1 rings (SSSR count). The van der Waals surface area contributed by atoms with Crippen LogP contribution in [0.15, 0.2) is 27.6 Å². The fraction of sp³-hybridized carbons (Fsp3) is 0.333. The molecular weight excluding hydrogens is 301 g/mol. The Morgan fingerprint density at radius 1 is 1.50 bits per heavy atom. The summed E-state index contributed by atoms with van der Waals surface area (Å²) in [4.78, 5) is -0.150. The van der Waals surface area contributed by atoms with Gasteiger partial charge in [0.2, 0.25) is 10.0 Å². The predicted octanol–water partition coefficient (Wildman–Crippen LogP) is 1.20. The number of halogens is 2. The van der Waals surface area contributed by atoms with E-state index in [1.165, 1.54) is 13.1 Å². The molecule has 0 aliphatic carbocycles. The molecule has 0 saturated heterocycles. The van der Waals surface area contributed by atoms with Crippen molar-refractivity contribution in [3.8, 4) is 0 Å². The molecule has 0 fully saturated rings. The zero-order valence-corrected chi connectivity index (χ0v) is 10.9. The third-order valence-electron chi connectivity index (χ3n) is 2.00. The molecule has 4 nitrogen and oxygen atoms in total. The highest BCUT2D eigenvalue weighted by Gasteiger charge is 2.23. The summed E-state index contributed by atoms with van der Waals surface area (Å²) in [5.41, 5.74) is 0. The monoisotopic (exact) mass is 311 g/mol. The molecular formula is C9H11BrFNO3S. The SMILES string of the molecule is CN(CCO)S(=O)(=O)c1cc(F)ccc1Br. The lowest BCUT2D eigenvalue weighted by molar-refractivity contribution is 0.266. The molecule has 16 heavy (non-hydrogen) atoms. The summed E-state index contributed by atoms with van der Waals surface area (Å²) in [7, 11) is -2.45. The minimum absolute atomic E-state index is 0.0364. The average molecular weight is 312 g/mol. The summed E-state index contributed by atoms with van der Waals surface area (Å²) < 4.78 is 38.1. The van der Waals surface area contributed by atoms with E-state index in [1.54, 1.807) is 0 Å². The average Bonchev–Trinajstić information content (AvgIpc) is 2.22. The van der Waals surface area contributed by atoms with Crippen molar-refractivity contribution in [3.63, 3.8) is 0 Å². The summed E-state index contributed by atoms with van der Waals surface area (Å²) in [5, 5.41) is 8.68. The number of rotatable bonds is 4. The maximum atomic E-state index is 13.0. The van der Waals surface area contributed by atoms with Crippen molar-refractivity contribution in [1.29, 1.82) is 0 Å². The number of benzene rings is 1. The number of aliphatic hydroxyl groups excluding tert-OH is 1. The minimum atomic E-state index is -3.77. The van der Waals surface area contributed by atoms with E-state index < -0.39 is 15.8 Å². The summed E-state index contributed by atoms with van der Waals surface area (Å²) in [6.45, 7) is -0.325. The van der Waals surface area contributed by atoms with Gasteiger partial charge in [0.1, 0.15) is 5.82 Å². The first kappa shape index (κ1) is 13.6. The van der Waals surface area contributed by atoms with Gasteiger partial charge in [0.15, 0.2) is 0 Å². The molecule has 90 valence electrons. The van der Waals surface area contributed by atoms with Crippen molar-refractivity contribution < 1.29 is 17.9 Å². The first-order chi connectivity index (χ1) is 7.39. The number of hydrogen-bond acceptors (Lipinski definition) is 3. The molecule has 0 saturated carbocycles. The third-order valence-corrected chi connectivity index (χ3v) is 4.85. The van der Waals surface area contributed by atoms with Gasteiger partial charge in [-0.3, -0.25) is 0 Å². The van der Waals surface area contributed by atoms with Gasteiger partial charge in [-0.2, -0.15) is 4.31 Å². The van der Waals surface area contributed by atoms with Crippen LogP contribution in [0.1, 0.15) is 0 Å². The number of likely N-dealkylation sites (N-methyl/N-ethyl adjacent to an activating group) is 1. The number of sulfonamides is 1. The second-order valence-electron chi connectivity index (χ2n) is 3.12. The molecule has 0 heterocycles. The van der Waals surface area contributed by atoms with Crippen LogP contribution in [0.3, 0.4) is 0 Å². The molecule has 0 aliphatic heterocycles. The highest BCUT2D eigenvalue weighted by atomic mass is 79.9. The summed E-state index contributed by atoms with van der Waals surface area (Å²) in [6.07, 6.45) is 0. The summed E-state index contributed by atoms with van der Waals surface area (Å²) in [5.74, 6) is -0.626. The van der Waals surface area contributed by atoms with Crippen LogP contribution >= 0.6 is 15.9 Å². The van der Waals surface area contributed by atoms with Crippen LogP contribution in [0, 0.1) is 5.82 Å². The Kier molecular flexibility index (Phi) is 4.43. The van der Waals surface area contributed by atoms with E-state index in [2.05, 4.69) is 15.9 Å². The van der Waals surface area contributed by atoms with E-state index in [0.717, 1.165) is 16.4 Å². The van der Waals surface area contributed by atoms with Crippen molar-refractivity contribution in [2.24, 2.45) is 0 Å². The Hall–Kier alpha value is -0.500. The normalized spacial score (nSPS) is 12.1. The largest absolute Gasteiger partial charge is 0.395 e. The van der Waals surface area contributed by atoms with E-state index >= 15 is 0 Å². The second kappa shape index (κ2) is 5.22. The maximum absolute atomic E-state index is 13.0. The van der Waals surface area contributed by atoms with Gasteiger partial charge in [-0.15, -0.1) is 0 Å². The van der Waals surface area contributed by atoms with Crippen LogP contribution in [-0.2, 0) is 10.0 Å². The van der Waals surface area contributed by atoms with E-state index in [-0.39, 0.29) is 18.0 Å². The molecule has 0 amide bonds. The quantitative estimate of drug-likeness (QED) is 0.909. The van der Waals surface area contributed by atoms with Gasteiger partial charge >= 0.3 is 0 Å². The summed E-state index contributed by atoms with van der Waals surface area (Å²) >= 11 is 3.05. The van der Waals surface area contributed by atoms with Crippen LogP contribution in [0.4, 0.5) is 4.39 Å². The fourth-order valence-corrected chi connectivity index (χ4v) is 3.20. The fourth-order valence-electron chi connectivity index (χ4n) is 1.10. The van der Waals surface area contributed by atoms with E-state index in [4.69, 9.17) is 5.11 Å². The van der Waals surface area contributed by atoms with Gasteiger partial charge < -0.3 is 5.11 Å².